The molecule has 2 aromatic carbocycles. The van der Waals surface area contributed by atoms with Crippen LogP contribution in [0.25, 0.3) is 0 Å². The molecule has 1 fully saturated rings. The Hall–Kier alpha value is -2.24. The number of benzene rings is 2. The van der Waals surface area contributed by atoms with Crippen LogP contribution in [-0.4, -0.2) is 31.1 Å². The number of β-lactam (4-membered cyclic amide) rings is 1. The number of carbonyl (C=O) groups is 1. The van der Waals surface area contributed by atoms with Gasteiger partial charge in [0, 0.05) is 11.6 Å². The van der Waals surface area contributed by atoms with E-state index in [0.29, 0.717) is 23.1 Å². The molecule has 0 spiro atoms. The third kappa shape index (κ3) is 2.92. The first-order valence-electron chi connectivity index (χ1n) is 7.57. The second kappa shape index (κ2) is 6.71. The molecule has 1 aliphatic heterocycles. The highest BCUT2D eigenvalue weighted by Gasteiger charge is 2.45. The molecule has 0 aromatic heterocycles. The molecular formula is C18H19ClN2O3. The van der Waals surface area contributed by atoms with E-state index in [9.17, 15) is 4.79 Å². The van der Waals surface area contributed by atoms with E-state index in [2.05, 4.69) is 0 Å². The molecule has 0 saturated carbocycles. The SMILES string of the molecule is COc1ccc(CN2C(=O)[C@@H](N)[C@@H]2c2cccc(Cl)c2)cc1OC. The van der Waals surface area contributed by atoms with Gasteiger partial charge in [0.05, 0.1) is 20.3 Å². The molecule has 0 bridgehead atoms. The summed E-state index contributed by atoms with van der Waals surface area (Å²) in [6, 6.07) is 12.3. The van der Waals surface area contributed by atoms with E-state index < -0.39 is 6.04 Å². The summed E-state index contributed by atoms with van der Waals surface area (Å²) in [4.78, 5) is 14.0. The van der Waals surface area contributed by atoms with Crippen LogP contribution >= 0.6 is 11.6 Å². The molecule has 2 N–H and O–H groups in total. The summed E-state index contributed by atoms with van der Waals surface area (Å²) in [5.74, 6) is 1.21. The zero-order valence-corrected chi connectivity index (χ0v) is 14.3. The van der Waals surface area contributed by atoms with Gasteiger partial charge in [0.2, 0.25) is 5.91 Å². The van der Waals surface area contributed by atoms with Crippen LogP contribution in [0.5, 0.6) is 11.5 Å². The van der Waals surface area contributed by atoms with Crippen molar-refractivity contribution in [2.45, 2.75) is 18.6 Å². The molecule has 24 heavy (non-hydrogen) atoms. The summed E-state index contributed by atoms with van der Waals surface area (Å²) < 4.78 is 10.6. The number of hydrogen-bond donors (Lipinski definition) is 1. The number of likely N-dealkylation sites (tertiary alicyclic amines) is 1. The minimum Gasteiger partial charge on any atom is -0.493 e. The van der Waals surface area contributed by atoms with E-state index >= 15 is 0 Å². The molecule has 0 radical (unpaired) electrons. The third-order valence-electron chi connectivity index (χ3n) is 4.24. The fourth-order valence-corrected chi connectivity index (χ4v) is 3.20. The third-order valence-corrected chi connectivity index (χ3v) is 4.47. The predicted octanol–water partition coefficient (Wildman–Crippen LogP) is 2.77. The largest absolute Gasteiger partial charge is 0.493 e. The molecular weight excluding hydrogens is 328 g/mol. The summed E-state index contributed by atoms with van der Waals surface area (Å²) in [7, 11) is 3.17. The van der Waals surface area contributed by atoms with Crippen LogP contribution in [0, 0.1) is 0 Å². The Labute approximate surface area is 145 Å². The van der Waals surface area contributed by atoms with Gasteiger partial charge in [-0.25, -0.2) is 0 Å². The quantitative estimate of drug-likeness (QED) is 0.845. The van der Waals surface area contributed by atoms with Crippen molar-refractivity contribution in [3.05, 3.63) is 58.6 Å². The number of rotatable bonds is 5. The summed E-state index contributed by atoms with van der Waals surface area (Å²) in [5, 5.41) is 0.630. The van der Waals surface area contributed by atoms with Gasteiger partial charge < -0.3 is 20.1 Å². The van der Waals surface area contributed by atoms with Gasteiger partial charge in [-0.1, -0.05) is 29.8 Å². The fraction of sp³-hybridized carbons (Fsp3) is 0.278. The van der Waals surface area contributed by atoms with Crippen LogP contribution in [0.2, 0.25) is 5.02 Å². The first kappa shape index (κ1) is 16.6. The van der Waals surface area contributed by atoms with E-state index in [0.717, 1.165) is 11.1 Å². The Morgan fingerprint density at radius 1 is 1.12 bits per heavy atom. The number of halogens is 1. The van der Waals surface area contributed by atoms with Gasteiger partial charge in [0.25, 0.3) is 0 Å². The van der Waals surface area contributed by atoms with Gasteiger partial charge in [-0.05, 0) is 35.4 Å². The van der Waals surface area contributed by atoms with Crippen molar-refractivity contribution in [2.75, 3.05) is 14.2 Å². The topological polar surface area (TPSA) is 64.8 Å². The Balaban J connectivity index is 1.84. The Bertz CT molecular complexity index is 766. The minimum absolute atomic E-state index is 0.0743. The minimum atomic E-state index is -0.538. The zero-order valence-electron chi connectivity index (χ0n) is 13.5. The summed E-state index contributed by atoms with van der Waals surface area (Å²) in [5.41, 5.74) is 7.90. The lowest BCUT2D eigenvalue weighted by atomic mass is 9.88. The number of nitrogens with two attached hydrogens (primary N) is 1. The lowest BCUT2D eigenvalue weighted by molar-refractivity contribution is -0.150. The Morgan fingerprint density at radius 2 is 1.88 bits per heavy atom. The number of hydrogen-bond acceptors (Lipinski definition) is 4. The van der Waals surface area contributed by atoms with Crippen molar-refractivity contribution in [3.8, 4) is 11.5 Å². The van der Waals surface area contributed by atoms with Gasteiger partial charge in [-0.15, -0.1) is 0 Å². The van der Waals surface area contributed by atoms with E-state index in [-0.39, 0.29) is 11.9 Å². The molecule has 2 atom stereocenters. The van der Waals surface area contributed by atoms with Gasteiger partial charge in [0.1, 0.15) is 6.04 Å². The molecule has 1 aliphatic rings. The molecule has 2 aromatic rings. The van der Waals surface area contributed by atoms with Crippen LogP contribution in [0.3, 0.4) is 0 Å². The van der Waals surface area contributed by atoms with Crippen LogP contribution in [0.4, 0.5) is 0 Å². The number of amides is 1. The highest BCUT2D eigenvalue weighted by Crippen LogP contribution is 2.37. The average Bonchev–Trinajstić information content (AvgIpc) is 2.60. The van der Waals surface area contributed by atoms with Crippen LogP contribution in [0.15, 0.2) is 42.5 Å². The number of methoxy groups -OCH3 is 2. The smallest absolute Gasteiger partial charge is 0.242 e. The molecule has 3 rings (SSSR count). The van der Waals surface area contributed by atoms with E-state index in [1.165, 1.54) is 0 Å². The standard InChI is InChI=1S/C18H19ClN2O3/c1-23-14-7-6-11(8-15(14)24-2)10-21-17(16(20)18(21)22)12-4-3-5-13(19)9-12/h3-9,16-17H,10,20H2,1-2H3/t16-,17-/m0/s1. The van der Waals surface area contributed by atoms with Crippen LogP contribution in [-0.2, 0) is 11.3 Å². The second-order valence-electron chi connectivity index (χ2n) is 5.68. The van der Waals surface area contributed by atoms with Gasteiger partial charge in [0.15, 0.2) is 11.5 Å². The van der Waals surface area contributed by atoms with Crippen molar-refractivity contribution in [2.24, 2.45) is 5.73 Å². The Kier molecular flexibility index (Phi) is 4.64. The van der Waals surface area contributed by atoms with Crippen molar-refractivity contribution in [3.63, 3.8) is 0 Å². The monoisotopic (exact) mass is 346 g/mol. The molecule has 0 aliphatic carbocycles. The lowest BCUT2D eigenvalue weighted by Gasteiger charge is -2.46. The number of ether oxygens (including phenoxy) is 2. The van der Waals surface area contributed by atoms with Gasteiger partial charge in [-0.3, -0.25) is 4.79 Å². The summed E-state index contributed by atoms with van der Waals surface area (Å²) in [6.07, 6.45) is 0. The zero-order chi connectivity index (χ0) is 17.3. The fourth-order valence-electron chi connectivity index (χ4n) is 3.01. The van der Waals surface area contributed by atoms with Crippen molar-refractivity contribution < 1.29 is 14.3 Å². The van der Waals surface area contributed by atoms with Crippen molar-refractivity contribution >= 4 is 17.5 Å². The first-order valence-corrected chi connectivity index (χ1v) is 7.95. The summed E-state index contributed by atoms with van der Waals surface area (Å²) in [6.45, 7) is 0.448. The van der Waals surface area contributed by atoms with Crippen LogP contribution < -0.4 is 15.2 Å². The maximum Gasteiger partial charge on any atom is 0.242 e. The normalized spacial score (nSPS) is 19.8. The van der Waals surface area contributed by atoms with Crippen LogP contribution in [0.1, 0.15) is 17.2 Å². The molecule has 1 amide bonds. The summed E-state index contributed by atoms with van der Waals surface area (Å²) >= 11 is 6.06. The number of nitrogens with zero attached hydrogens (tertiary/aromatic N) is 1. The predicted molar refractivity (Wildman–Crippen MR) is 92.3 cm³/mol. The Morgan fingerprint density at radius 3 is 2.54 bits per heavy atom. The lowest BCUT2D eigenvalue weighted by Crippen LogP contribution is -2.62. The number of carbonyl (C=O) groups excluding carboxylic acids is 1. The molecule has 0 unspecified atom stereocenters. The van der Waals surface area contributed by atoms with E-state index in [4.69, 9.17) is 26.8 Å². The molecule has 126 valence electrons. The first-order chi connectivity index (χ1) is 11.5. The molecule has 1 heterocycles. The molecule has 1 saturated heterocycles. The van der Waals surface area contributed by atoms with Crippen molar-refractivity contribution in [1.29, 1.82) is 0 Å². The highest BCUT2D eigenvalue weighted by atomic mass is 35.5. The van der Waals surface area contributed by atoms with Crippen molar-refractivity contribution in [1.82, 2.24) is 4.90 Å². The van der Waals surface area contributed by atoms with Gasteiger partial charge in [-0.2, -0.15) is 0 Å². The van der Waals surface area contributed by atoms with E-state index in [1.54, 1.807) is 25.2 Å². The second-order valence-corrected chi connectivity index (χ2v) is 6.12. The molecule has 6 heteroatoms. The highest BCUT2D eigenvalue weighted by molar-refractivity contribution is 6.30. The maximum atomic E-state index is 12.2. The molecule has 5 nitrogen and oxygen atoms in total. The van der Waals surface area contributed by atoms with E-state index in [1.807, 2.05) is 36.4 Å². The average molecular weight is 347 g/mol. The van der Waals surface area contributed by atoms with Gasteiger partial charge >= 0.3 is 0 Å². The maximum absolute atomic E-state index is 12.2.